The predicted octanol–water partition coefficient (Wildman–Crippen LogP) is 13.3. The van der Waals surface area contributed by atoms with Gasteiger partial charge in [0.2, 0.25) is 0 Å². The summed E-state index contributed by atoms with van der Waals surface area (Å²) in [7, 11) is 2.32. The zero-order valence-corrected chi connectivity index (χ0v) is 60.1. The topological polar surface area (TPSA) is 279 Å². The predicted molar refractivity (Wildman–Crippen MR) is 352 cm³/mol. The molecule has 4 heterocycles. The van der Waals surface area contributed by atoms with E-state index < -0.39 is 51.8 Å². The molecule has 0 saturated heterocycles. The van der Waals surface area contributed by atoms with Gasteiger partial charge >= 0.3 is 91.7 Å². The van der Waals surface area contributed by atoms with Crippen LogP contribution < -0.4 is 21.2 Å². The summed E-state index contributed by atoms with van der Waals surface area (Å²) in [4.78, 5) is 62.9. The van der Waals surface area contributed by atoms with Crippen molar-refractivity contribution >= 4 is 153 Å². The van der Waals surface area contributed by atoms with Gasteiger partial charge < -0.3 is 29.6 Å². The molecular formula is C68H52Cl4N4O14P2Re2-2. The van der Waals surface area contributed by atoms with E-state index in [9.17, 15) is 19.2 Å². The molecule has 2 radical (unpaired) electrons. The minimum Gasteiger partial charge on any atom is 0 e. The van der Waals surface area contributed by atoms with E-state index in [1.807, 2.05) is 194 Å². The minimum absolute atomic E-state index is 0. The second-order valence-corrected chi connectivity index (χ2v) is 22.6. The molecule has 26 heteroatoms. The van der Waals surface area contributed by atoms with E-state index in [1.165, 1.54) is 28.4 Å². The van der Waals surface area contributed by atoms with Gasteiger partial charge in [0.25, 0.3) is 0 Å². The van der Waals surface area contributed by atoms with Crippen LogP contribution in [0.25, 0.3) is 44.6 Å². The molecule has 482 valence electrons. The third-order valence-corrected chi connectivity index (χ3v) is 17.2. The molecule has 0 fully saturated rings. The van der Waals surface area contributed by atoms with Gasteiger partial charge in [-0.25, -0.2) is 19.2 Å². The fourth-order valence-corrected chi connectivity index (χ4v) is 13.8. The van der Waals surface area contributed by atoms with Gasteiger partial charge in [0.05, 0.1) is 60.8 Å². The molecule has 0 spiro atoms. The van der Waals surface area contributed by atoms with Crippen molar-refractivity contribution < 1.29 is 107 Å². The number of alkyl halides is 4. The van der Waals surface area contributed by atoms with Crippen LogP contribution in [0.1, 0.15) is 11.1 Å². The first-order valence-corrected chi connectivity index (χ1v) is 30.5. The van der Waals surface area contributed by atoms with Gasteiger partial charge in [-0.2, -0.15) is 0 Å². The molecule has 18 nitrogen and oxygen atoms in total. The maximum Gasteiger partial charge on any atom is 0 e. The van der Waals surface area contributed by atoms with Crippen molar-refractivity contribution in [3.8, 4) is 0 Å². The van der Waals surface area contributed by atoms with Crippen LogP contribution in [0.3, 0.4) is 0 Å². The molecule has 2 atom stereocenters. The molecule has 0 saturated carbocycles. The van der Waals surface area contributed by atoms with Crippen LogP contribution in [-0.2, 0) is 107 Å². The third-order valence-electron chi connectivity index (χ3n) is 12.2. The molecule has 0 aliphatic carbocycles. The van der Waals surface area contributed by atoms with Crippen LogP contribution >= 0.6 is 62.2 Å². The van der Waals surface area contributed by atoms with Gasteiger partial charge in [0, 0.05) is 64.4 Å². The Balaban J connectivity index is 0. The zero-order chi connectivity index (χ0) is 69.0. The average Bonchev–Trinajstić information content (AvgIpc) is 0.777. The number of carbonyl (C=O) groups excluding carboxylic acids is 4. The van der Waals surface area contributed by atoms with E-state index in [0.717, 1.165) is 54.2 Å². The van der Waals surface area contributed by atoms with Gasteiger partial charge in [-0.15, -0.1) is 57.8 Å². The second kappa shape index (κ2) is 51.7. The Morgan fingerprint density at radius 2 is 0.660 bits per heavy atom. The van der Waals surface area contributed by atoms with Crippen molar-refractivity contribution in [2.24, 2.45) is 0 Å². The van der Waals surface area contributed by atoms with Crippen molar-refractivity contribution in [3.05, 3.63) is 278 Å². The van der Waals surface area contributed by atoms with E-state index in [1.54, 1.807) is 12.4 Å². The summed E-state index contributed by atoms with van der Waals surface area (Å²) in [6.45, 7) is 27.0. The summed E-state index contributed by atoms with van der Waals surface area (Å²) in [5, 5.41) is 16.2. The molecule has 0 N–H and O–H groups in total. The maximum atomic E-state index is 13.5. The standard InChI is InChI=1S/2C30H24N2O4P.2CH2Cl2.6CO.2Re/c2*1-35-29(33)25(24-18-17-21-16-15-20-10-9-19-31-26(20)27(21)32-24)28(30(34)36-2)37(22-11-5-3-6-12-22)23-13-7-4-8-14-23;2*2-1-3;6*1-2;;/h2*3-19,24H,1-2H3;2*1H2;;;;;;;;/q2*-1;;;;;;;;;;/b2*28-25+;;;;;;;;;;/t2*24-;;;;;;;;;;/m11........../s1. The molecule has 6 aromatic carbocycles. The molecule has 8 aromatic rings. The average molecular weight is 1730 g/mol. The fourth-order valence-electron chi connectivity index (χ4n) is 8.80. The van der Waals surface area contributed by atoms with Crippen LogP contribution in [0.2, 0.25) is 0 Å². The van der Waals surface area contributed by atoms with Crippen molar-refractivity contribution in [2.45, 2.75) is 12.1 Å². The van der Waals surface area contributed by atoms with Crippen molar-refractivity contribution in [1.82, 2.24) is 9.97 Å². The Morgan fingerprint density at radius 3 is 0.904 bits per heavy atom. The van der Waals surface area contributed by atoms with Crippen molar-refractivity contribution in [2.75, 3.05) is 39.1 Å². The van der Waals surface area contributed by atoms with E-state index in [0.29, 0.717) is 11.4 Å². The number of aromatic nitrogens is 2. The summed E-state index contributed by atoms with van der Waals surface area (Å²) in [6, 6.07) is 52.7. The molecule has 0 unspecified atom stereocenters. The number of pyridine rings is 2. The van der Waals surface area contributed by atoms with E-state index in [-0.39, 0.29) is 73.3 Å². The Bertz CT molecular complexity index is 3540. The number of hydrogen-bond donors (Lipinski definition) is 0. The van der Waals surface area contributed by atoms with Gasteiger partial charge in [0.15, 0.2) is 0 Å². The molecular weight excluding hydrogens is 1670 g/mol. The minimum atomic E-state index is -1.47. The molecule has 2 aliphatic heterocycles. The Kier molecular flexibility index (Phi) is 48.7. The molecule has 94 heavy (non-hydrogen) atoms. The van der Waals surface area contributed by atoms with Crippen LogP contribution in [-0.4, -0.2) is 85.0 Å². The van der Waals surface area contributed by atoms with Gasteiger partial charge in [-0.3, -0.25) is 9.97 Å². The summed E-state index contributed by atoms with van der Waals surface area (Å²) < 4.78 is 66.0. The van der Waals surface area contributed by atoms with Crippen LogP contribution in [0.15, 0.2) is 216 Å². The third kappa shape index (κ3) is 24.6. The number of ether oxygens (including phenoxy) is 4. The molecule has 2 aliphatic rings. The number of halogens is 4. The van der Waals surface area contributed by atoms with Crippen molar-refractivity contribution in [3.63, 3.8) is 0 Å². The quantitative estimate of drug-likeness (QED) is 0.0212. The monoisotopic (exact) mass is 1720 g/mol. The normalized spacial score (nSPS) is 12.3. The first-order chi connectivity index (χ1) is 45.1. The number of nitrogens with zero attached hydrogens (tertiary/aromatic N) is 4. The number of carbonyl (C=O) groups is 4. The number of methoxy groups -OCH3 is 4. The Hall–Kier alpha value is -7.64. The summed E-state index contributed by atoms with van der Waals surface area (Å²) in [6.07, 6.45) is 10.9. The van der Waals surface area contributed by atoms with Crippen LogP contribution in [0.5, 0.6) is 0 Å². The van der Waals surface area contributed by atoms with Crippen molar-refractivity contribution in [1.29, 1.82) is 0 Å². The molecule has 0 bridgehead atoms. The van der Waals surface area contributed by atoms with Gasteiger partial charge in [0.1, 0.15) is 0 Å². The first-order valence-electron chi connectivity index (χ1n) is 25.7. The summed E-state index contributed by atoms with van der Waals surface area (Å²) >= 11 is 19.1. The first kappa shape index (κ1) is 88.4. The second-order valence-electron chi connectivity index (χ2n) is 16.7. The Morgan fingerprint density at radius 1 is 0.404 bits per heavy atom. The summed E-state index contributed by atoms with van der Waals surface area (Å²) in [5.41, 5.74) is 4.88. The van der Waals surface area contributed by atoms with E-state index in [4.69, 9.17) is 104 Å². The SMILES string of the molecule is COC(=O)/C(=C(\C(=O)OC)P(c1ccccc1)c1ccccc1)[C@H]1C=Cc2ccc3cccnc3c2[N-]1.COC(=O)/C(=C(\C(=O)OC)P(c1ccccc1)c1ccccc1)[C@H]1C=Cc2ccc3cccnc3c2[N-]1.ClCCl.ClCCl.[C-]#[O+].[C-]#[O+].[C-]#[O+].[C-]#[O+].[C-]#[O+].[C-]#[O+].[Re].[Re]. The largest absolute Gasteiger partial charge is 0 e. The van der Waals surface area contributed by atoms with Gasteiger partial charge in [-0.05, 0) is 71.1 Å². The van der Waals surface area contributed by atoms with E-state index >= 15 is 0 Å². The number of benzene rings is 6. The van der Waals surface area contributed by atoms with Gasteiger partial charge in [-0.1, -0.05) is 194 Å². The molecule has 10 rings (SSSR count). The Labute approximate surface area is 594 Å². The number of esters is 4. The molecule has 2 aromatic heterocycles. The number of fused-ring (bicyclic) bond motifs is 6. The number of rotatable bonds is 12. The summed E-state index contributed by atoms with van der Waals surface area (Å²) in [5.74, 6) is -2.45. The van der Waals surface area contributed by atoms with Crippen LogP contribution in [0, 0.1) is 39.9 Å². The fraction of sp³-hybridized carbons (Fsp3) is 0.118. The van der Waals surface area contributed by atoms with E-state index in [2.05, 4.69) is 49.9 Å². The zero-order valence-electron chi connectivity index (χ0n) is 49.9. The van der Waals surface area contributed by atoms with Crippen LogP contribution in [0.4, 0.5) is 11.4 Å². The smallest absolute Gasteiger partial charge is 0 e. The number of hydrogen-bond acceptors (Lipinski definition) is 10. The molecule has 0 amide bonds. The maximum absolute atomic E-state index is 13.5.